The second kappa shape index (κ2) is 9.93. The fourth-order valence-corrected chi connectivity index (χ4v) is 3.93. The van der Waals surface area contributed by atoms with E-state index in [0.717, 1.165) is 57.0 Å². The maximum atomic E-state index is 5.15. The van der Waals surface area contributed by atoms with Crippen LogP contribution < -0.4 is 10.6 Å². The minimum absolute atomic E-state index is 0.531. The van der Waals surface area contributed by atoms with Crippen molar-refractivity contribution >= 4 is 5.96 Å². The molecule has 26 heavy (non-hydrogen) atoms. The van der Waals surface area contributed by atoms with Gasteiger partial charge in [0.05, 0.1) is 0 Å². The number of aliphatic imine (C=N–C) groups is 1. The first kappa shape index (κ1) is 19.2. The third-order valence-electron chi connectivity index (χ3n) is 5.66. The Kier molecular flexibility index (Phi) is 7.32. The van der Waals surface area contributed by atoms with E-state index < -0.39 is 0 Å². The molecule has 1 aromatic rings. The molecule has 2 N–H and O–H groups in total. The summed E-state index contributed by atoms with van der Waals surface area (Å²) in [6.07, 6.45) is 4.78. The Morgan fingerprint density at radius 3 is 2.69 bits per heavy atom. The molecule has 1 aromatic carbocycles. The van der Waals surface area contributed by atoms with E-state index in [1.165, 1.54) is 24.8 Å². The van der Waals surface area contributed by atoms with Gasteiger partial charge in [0, 0.05) is 53.0 Å². The SMILES string of the molecule is CN=C(NCC1CC1c1ccccc1)NC1CCN(CCCOC)CC1. The lowest BCUT2D eigenvalue weighted by Crippen LogP contribution is -2.49. The molecule has 0 aromatic heterocycles. The number of rotatable bonds is 8. The summed E-state index contributed by atoms with van der Waals surface area (Å²) in [7, 11) is 3.65. The van der Waals surface area contributed by atoms with E-state index in [1.54, 1.807) is 7.11 Å². The second-order valence-corrected chi connectivity index (χ2v) is 7.57. The summed E-state index contributed by atoms with van der Waals surface area (Å²) >= 11 is 0. The van der Waals surface area contributed by atoms with Gasteiger partial charge in [-0.15, -0.1) is 0 Å². The standard InChI is InChI=1S/C21H34N4O/c1-22-21(23-16-18-15-20(18)17-7-4-3-5-8-17)24-19-9-12-25(13-10-19)11-6-14-26-2/h3-5,7-8,18-20H,6,9-16H2,1-2H3,(H2,22,23,24). The minimum Gasteiger partial charge on any atom is -0.385 e. The molecule has 1 aliphatic carbocycles. The van der Waals surface area contributed by atoms with Crippen molar-refractivity contribution in [1.29, 1.82) is 0 Å². The van der Waals surface area contributed by atoms with Crippen LogP contribution in [0.15, 0.2) is 35.3 Å². The van der Waals surface area contributed by atoms with E-state index in [4.69, 9.17) is 4.74 Å². The average Bonchev–Trinajstić information content (AvgIpc) is 3.47. The van der Waals surface area contributed by atoms with E-state index >= 15 is 0 Å². The smallest absolute Gasteiger partial charge is 0.191 e. The van der Waals surface area contributed by atoms with Crippen molar-refractivity contribution in [1.82, 2.24) is 15.5 Å². The molecule has 1 aliphatic heterocycles. The molecule has 144 valence electrons. The summed E-state index contributed by atoms with van der Waals surface area (Å²) in [5.41, 5.74) is 1.48. The van der Waals surface area contributed by atoms with E-state index in [0.29, 0.717) is 6.04 Å². The molecule has 0 bridgehead atoms. The zero-order valence-electron chi connectivity index (χ0n) is 16.3. The maximum Gasteiger partial charge on any atom is 0.191 e. The molecule has 2 atom stereocenters. The molecule has 0 radical (unpaired) electrons. The summed E-state index contributed by atoms with van der Waals surface area (Å²) in [6.45, 7) is 5.35. The van der Waals surface area contributed by atoms with Crippen molar-refractivity contribution in [2.24, 2.45) is 10.9 Å². The summed E-state index contributed by atoms with van der Waals surface area (Å²) in [5, 5.41) is 7.16. The Morgan fingerprint density at radius 2 is 2.00 bits per heavy atom. The minimum atomic E-state index is 0.531. The first-order valence-electron chi connectivity index (χ1n) is 10.0. The Morgan fingerprint density at radius 1 is 1.23 bits per heavy atom. The van der Waals surface area contributed by atoms with Crippen LogP contribution >= 0.6 is 0 Å². The van der Waals surface area contributed by atoms with Gasteiger partial charge >= 0.3 is 0 Å². The Hall–Kier alpha value is -1.59. The third-order valence-corrected chi connectivity index (χ3v) is 5.66. The lowest BCUT2D eigenvalue weighted by molar-refractivity contribution is 0.155. The van der Waals surface area contributed by atoms with Crippen LogP contribution in [0.25, 0.3) is 0 Å². The number of hydrogen-bond donors (Lipinski definition) is 2. The lowest BCUT2D eigenvalue weighted by Gasteiger charge is -2.33. The Labute approximate surface area is 158 Å². The van der Waals surface area contributed by atoms with Gasteiger partial charge in [0.15, 0.2) is 5.96 Å². The predicted molar refractivity (Wildman–Crippen MR) is 108 cm³/mol. The molecule has 1 saturated carbocycles. The highest BCUT2D eigenvalue weighted by Crippen LogP contribution is 2.46. The molecule has 2 fully saturated rings. The normalized spacial score (nSPS) is 24.5. The monoisotopic (exact) mass is 358 g/mol. The summed E-state index contributed by atoms with van der Waals surface area (Å²) in [5.74, 6) is 2.41. The molecule has 5 nitrogen and oxygen atoms in total. The van der Waals surface area contributed by atoms with Gasteiger partial charge in [0.1, 0.15) is 0 Å². The van der Waals surface area contributed by atoms with Crippen LogP contribution in [0.1, 0.15) is 37.2 Å². The molecular weight excluding hydrogens is 324 g/mol. The zero-order chi connectivity index (χ0) is 18.2. The Balaban J connectivity index is 1.33. The quantitative estimate of drug-likeness (QED) is 0.426. The van der Waals surface area contributed by atoms with E-state index in [-0.39, 0.29) is 0 Å². The molecule has 2 unspecified atom stereocenters. The number of benzene rings is 1. The molecule has 0 spiro atoms. The zero-order valence-corrected chi connectivity index (χ0v) is 16.3. The van der Waals surface area contributed by atoms with Crippen LogP contribution in [0.3, 0.4) is 0 Å². The molecule has 5 heteroatoms. The van der Waals surface area contributed by atoms with Crippen molar-refractivity contribution in [2.45, 2.75) is 37.6 Å². The van der Waals surface area contributed by atoms with Crippen LogP contribution in [0.4, 0.5) is 0 Å². The number of nitrogens with zero attached hydrogens (tertiary/aromatic N) is 2. The molecule has 2 aliphatic rings. The third kappa shape index (κ3) is 5.71. The molecular formula is C21H34N4O. The predicted octanol–water partition coefficient (Wildman–Crippen LogP) is 2.46. The number of piperidine rings is 1. The van der Waals surface area contributed by atoms with Crippen LogP contribution in [0.5, 0.6) is 0 Å². The summed E-state index contributed by atoms with van der Waals surface area (Å²) in [6, 6.07) is 11.4. The van der Waals surface area contributed by atoms with Gasteiger partial charge in [-0.3, -0.25) is 4.99 Å². The van der Waals surface area contributed by atoms with E-state index in [9.17, 15) is 0 Å². The van der Waals surface area contributed by atoms with Crippen LogP contribution in [-0.4, -0.2) is 63.8 Å². The molecule has 1 heterocycles. The van der Waals surface area contributed by atoms with Crippen molar-refractivity contribution in [2.75, 3.05) is 46.9 Å². The van der Waals surface area contributed by atoms with Gasteiger partial charge in [-0.1, -0.05) is 30.3 Å². The molecule has 0 amide bonds. The number of nitrogens with one attached hydrogen (secondary N) is 2. The van der Waals surface area contributed by atoms with Crippen molar-refractivity contribution in [3.8, 4) is 0 Å². The van der Waals surface area contributed by atoms with Gasteiger partial charge < -0.3 is 20.3 Å². The highest BCUT2D eigenvalue weighted by Gasteiger charge is 2.37. The molecule has 1 saturated heterocycles. The maximum absolute atomic E-state index is 5.15. The fourth-order valence-electron chi connectivity index (χ4n) is 3.93. The topological polar surface area (TPSA) is 48.9 Å². The van der Waals surface area contributed by atoms with Gasteiger partial charge in [-0.05, 0) is 43.1 Å². The summed E-state index contributed by atoms with van der Waals surface area (Å²) in [4.78, 5) is 6.97. The van der Waals surface area contributed by atoms with Crippen molar-refractivity contribution < 1.29 is 4.74 Å². The summed E-state index contributed by atoms with van der Waals surface area (Å²) < 4.78 is 5.15. The van der Waals surface area contributed by atoms with Gasteiger partial charge in [0.25, 0.3) is 0 Å². The number of hydrogen-bond acceptors (Lipinski definition) is 3. The van der Waals surface area contributed by atoms with Gasteiger partial charge in [-0.25, -0.2) is 0 Å². The van der Waals surface area contributed by atoms with Crippen LogP contribution in [0.2, 0.25) is 0 Å². The largest absolute Gasteiger partial charge is 0.385 e. The van der Waals surface area contributed by atoms with Crippen molar-refractivity contribution in [3.05, 3.63) is 35.9 Å². The van der Waals surface area contributed by atoms with Crippen LogP contribution in [0, 0.1) is 5.92 Å². The van der Waals surface area contributed by atoms with Gasteiger partial charge in [-0.2, -0.15) is 0 Å². The highest BCUT2D eigenvalue weighted by molar-refractivity contribution is 5.80. The number of ether oxygens (including phenoxy) is 1. The average molecular weight is 359 g/mol. The first-order chi connectivity index (χ1) is 12.8. The number of methoxy groups -OCH3 is 1. The van der Waals surface area contributed by atoms with Gasteiger partial charge in [0.2, 0.25) is 0 Å². The number of likely N-dealkylation sites (tertiary alicyclic amines) is 1. The molecule has 3 rings (SSSR count). The fraction of sp³-hybridized carbons (Fsp3) is 0.667. The van der Waals surface area contributed by atoms with E-state index in [1.807, 2.05) is 7.05 Å². The highest BCUT2D eigenvalue weighted by atomic mass is 16.5. The van der Waals surface area contributed by atoms with E-state index in [2.05, 4.69) is 50.9 Å². The number of guanidine groups is 1. The second-order valence-electron chi connectivity index (χ2n) is 7.57. The Bertz CT molecular complexity index is 554. The lowest BCUT2D eigenvalue weighted by atomic mass is 10.1. The first-order valence-corrected chi connectivity index (χ1v) is 10.0. The van der Waals surface area contributed by atoms with Crippen LogP contribution in [-0.2, 0) is 4.74 Å². The van der Waals surface area contributed by atoms with Crippen molar-refractivity contribution in [3.63, 3.8) is 0 Å².